The van der Waals surface area contributed by atoms with Crippen LogP contribution in [0.2, 0.25) is 0 Å². The fraction of sp³-hybridized carbons (Fsp3) is 0.750. The average molecular weight is 255 g/mol. The number of nitrogens with zero attached hydrogens (tertiary/aromatic N) is 2. The Morgan fingerprint density at radius 2 is 2.53 bits per heavy atom. The Labute approximate surface area is 107 Å². The van der Waals surface area contributed by atoms with Crippen LogP contribution in [0.4, 0.5) is 5.13 Å². The molecular formula is C12H21N3OS. The quantitative estimate of drug-likeness (QED) is 0.869. The smallest absolute Gasteiger partial charge is 0.185 e. The molecule has 17 heavy (non-hydrogen) atoms. The van der Waals surface area contributed by atoms with E-state index in [0.717, 1.165) is 31.4 Å². The molecule has 0 radical (unpaired) electrons. The van der Waals surface area contributed by atoms with Gasteiger partial charge in [-0.1, -0.05) is 0 Å². The van der Waals surface area contributed by atoms with Crippen molar-refractivity contribution in [3.05, 3.63) is 11.1 Å². The van der Waals surface area contributed by atoms with Gasteiger partial charge in [0.05, 0.1) is 6.61 Å². The fourth-order valence-electron chi connectivity index (χ4n) is 2.15. The summed E-state index contributed by atoms with van der Waals surface area (Å²) in [5.74, 6) is 0.658. The first kappa shape index (κ1) is 12.8. The third-order valence-corrected chi connectivity index (χ3v) is 4.12. The maximum atomic E-state index is 5.51. The van der Waals surface area contributed by atoms with Crippen molar-refractivity contribution in [2.75, 3.05) is 38.8 Å². The van der Waals surface area contributed by atoms with E-state index in [-0.39, 0.29) is 0 Å². The number of hydrogen-bond donors (Lipinski definition) is 1. The summed E-state index contributed by atoms with van der Waals surface area (Å²) in [4.78, 5) is 8.00. The van der Waals surface area contributed by atoms with E-state index >= 15 is 0 Å². The lowest BCUT2D eigenvalue weighted by molar-refractivity contribution is 0.0576. The van der Waals surface area contributed by atoms with Gasteiger partial charge in [0.1, 0.15) is 0 Å². The van der Waals surface area contributed by atoms with Gasteiger partial charge in [0.25, 0.3) is 0 Å². The lowest BCUT2D eigenvalue weighted by Gasteiger charge is -2.26. The van der Waals surface area contributed by atoms with Gasteiger partial charge in [0.15, 0.2) is 5.13 Å². The van der Waals surface area contributed by atoms with Crippen LogP contribution in [0, 0.1) is 5.92 Å². The second kappa shape index (κ2) is 6.33. The number of hydrogen-bond acceptors (Lipinski definition) is 5. The Hall–Kier alpha value is -0.650. The van der Waals surface area contributed by atoms with Crippen molar-refractivity contribution < 1.29 is 4.74 Å². The molecule has 0 spiro atoms. The summed E-state index contributed by atoms with van der Waals surface area (Å²) in [5, 5.41) is 4.26. The van der Waals surface area contributed by atoms with Crippen LogP contribution < -0.4 is 10.2 Å². The summed E-state index contributed by atoms with van der Waals surface area (Å²) in [7, 11) is 4.08. The first-order valence-corrected chi connectivity index (χ1v) is 6.99. The Morgan fingerprint density at radius 3 is 3.24 bits per heavy atom. The highest BCUT2D eigenvalue weighted by atomic mass is 32.1. The van der Waals surface area contributed by atoms with Gasteiger partial charge < -0.3 is 15.0 Å². The maximum Gasteiger partial charge on any atom is 0.185 e. The van der Waals surface area contributed by atoms with Crippen molar-refractivity contribution >= 4 is 16.5 Å². The van der Waals surface area contributed by atoms with Gasteiger partial charge in [0.2, 0.25) is 0 Å². The zero-order chi connectivity index (χ0) is 12.1. The number of nitrogens with one attached hydrogen (secondary N) is 1. The van der Waals surface area contributed by atoms with Crippen molar-refractivity contribution in [1.82, 2.24) is 10.3 Å². The predicted molar refractivity (Wildman–Crippen MR) is 71.7 cm³/mol. The summed E-state index contributed by atoms with van der Waals surface area (Å²) in [6.45, 7) is 3.79. The molecule has 0 bridgehead atoms. The Bertz CT molecular complexity index is 336. The molecule has 1 aliphatic heterocycles. The SMILES string of the molecule is CNCc1cnc(N(C)CC2CCCOC2)s1. The molecule has 0 saturated carbocycles. The van der Waals surface area contributed by atoms with Crippen molar-refractivity contribution in [1.29, 1.82) is 0 Å². The molecule has 5 heteroatoms. The number of aromatic nitrogens is 1. The summed E-state index contributed by atoms with van der Waals surface area (Å²) < 4.78 is 5.51. The molecule has 96 valence electrons. The average Bonchev–Trinajstić information content (AvgIpc) is 2.79. The minimum Gasteiger partial charge on any atom is -0.381 e. The van der Waals surface area contributed by atoms with E-state index in [1.54, 1.807) is 11.3 Å². The number of thiazole rings is 1. The van der Waals surface area contributed by atoms with Gasteiger partial charge in [0, 0.05) is 37.8 Å². The standard InChI is InChI=1S/C12H21N3OS/c1-13-6-11-7-14-12(17-11)15(2)8-10-4-3-5-16-9-10/h7,10,13H,3-6,8-9H2,1-2H3. The van der Waals surface area contributed by atoms with Crippen LogP contribution in [0.1, 0.15) is 17.7 Å². The van der Waals surface area contributed by atoms with Gasteiger partial charge >= 0.3 is 0 Å². The molecule has 4 nitrogen and oxygen atoms in total. The van der Waals surface area contributed by atoms with Crippen molar-refractivity contribution in [3.8, 4) is 0 Å². The van der Waals surface area contributed by atoms with Crippen LogP contribution in [0.3, 0.4) is 0 Å². The van der Waals surface area contributed by atoms with E-state index in [1.807, 2.05) is 13.2 Å². The molecule has 0 aromatic carbocycles. The second-order valence-corrected chi connectivity index (χ2v) is 5.70. The molecule has 1 atom stereocenters. The summed E-state index contributed by atoms with van der Waals surface area (Å²) in [6, 6.07) is 0. The van der Waals surface area contributed by atoms with E-state index in [0.29, 0.717) is 5.92 Å². The molecule has 1 fully saturated rings. The molecule has 0 aliphatic carbocycles. The number of rotatable bonds is 5. The molecule has 1 aromatic rings. The molecule has 1 saturated heterocycles. The maximum absolute atomic E-state index is 5.51. The highest BCUT2D eigenvalue weighted by molar-refractivity contribution is 7.15. The third kappa shape index (κ3) is 3.66. The zero-order valence-corrected chi connectivity index (χ0v) is 11.4. The largest absolute Gasteiger partial charge is 0.381 e. The van der Waals surface area contributed by atoms with Crippen LogP contribution in [-0.4, -0.2) is 38.8 Å². The molecule has 0 amide bonds. The van der Waals surface area contributed by atoms with Gasteiger partial charge in [-0.3, -0.25) is 0 Å². The highest BCUT2D eigenvalue weighted by Crippen LogP contribution is 2.23. The Balaban J connectivity index is 1.86. The minimum absolute atomic E-state index is 0.658. The Morgan fingerprint density at radius 1 is 1.65 bits per heavy atom. The summed E-state index contributed by atoms with van der Waals surface area (Å²) in [5.41, 5.74) is 0. The molecule has 2 heterocycles. The minimum atomic E-state index is 0.658. The Kier molecular flexibility index (Phi) is 4.76. The number of anilines is 1. The second-order valence-electron chi connectivity index (χ2n) is 4.60. The zero-order valence-electron chi connectivity index (χ0n) is 10.6. The van der Waals surface area contributed by atoms with Crippen LogP contribution in [0.25, 0.3) is 0 Å². The highest BCUT2D eigenvalue weighted by Gasteiger charge is 2.17. The molecule has 1 aromatic heterocycles. The van der Waals surface area contributed by atoms with Crippen LogP contribution in [-0.2, 0) is 11.3 Å². The van der Waals surface area contributed by atoms with Gasteiger partial charge in [-0.15, -0.1) is 11.3 Å². The van der Waals surface area contributed by atoms with E-state index < -0.39 is 0 Å². The monoisotopic (exact) mass is 255 g/mol. The summed E-state index contributed by atoms with van der Waals surface area (Å²) in [6.07, 6.45) is 4.44. The topological polar surface area (TPSA) is 37.4 Å². The van der Waals surface area contributed by atoms with Gasteiger partial charge in [-0.2, -0.15) is 0 Å². The van der Waals surface area contributed by atoms with Crippen LogP contribution in [0.15, 0.2) is 6.20 Å². The first-order chi connectivity index (χ1) is 8.29. The van der Waals surface area contributed by atoms with E-state index in [1.165, 1.54) is 17.7 Å². The lowest BCUT2D eigenvalue weighted by atomic mass is 10.0. The lowest BCUT2D eigenvalue weighted by Crippen LogP contribution is -2.30. The normalized spacial score (nSPS) is 20.5. The van der Waals surface area contributed by atoms with Gasteiger partial charge in [-0.05, 0) is 25.8 Å². The molecule has 1 aliphatic rings. The van der Waals surface area contributed by atoms with Crippen LogP contribution >= 0.6 is 11.3 Å². The van der Waals surface area contributed by atoms with E-state index in [2.05, 4.69) is 22.2 Å². The number of ether oxygens (including phenoxy) is 1. The molecule has 1 unspecified atom stereocenters. The van der Waals surface area contributed by atoms with Crippen molar-refractivity contribution in [2.24, 2.45) is 5.92 Å². The van der Waals surface area contributed by atoms with Crippen LogP contribution in [0.5, 0.6) is 0 Å². The van der Waals surface area contributed by atoms with Gasteiger partial charge in [-0.25, -0.2) is 4.98 Å². The molecule has 1 N–H and O–H groups in total. The molecule has 2 rings (SSSR count). The third-order valence-electron chi connectivity index (χ3n) is 3.01. The van der Waals surface area contributed by atoms with Crippen molar-refractivity contribution in [3.63, 3.8) is 0 Å². The molecular weight excluding hydrogens is 234 g/mol. The van der Waals surface area contributed by atoms with Crippen molar-refractivity contribution in [2.45, 2.75) is 19.4 Å². The first-order valence-electron chi connectivity index (χ1n) is 6.17. The summed E-state index contributed by atoms with van der Waals surface area (Å²) >= 11 is 1.77. The predicted octanol–water partition coefficient (Wildman–Crippen LogP) is 1.73. The fourth-order valence-corrected chi connectivity index (χ4v) is 3.04. The van der Waals surface area contributed by atoms with E-state index in [4.69, 9.17) is 4.74 Å². The van der Waals surface area contributed by atoms with E-state index in [9.17, 15) is 0 Å².